The van der Waals surface area contributed by atoms with Gasteiger partial charge in [-0.1, -0.05) is 43.7 Å². The van der Waals surface area contributed by atoms with Crippen molar-refractivity contribution in [1.82, 2.24) is 4.90 Å². The van der Waals surface area contributed by atoms with Gasteiger partial charge in [0.1, 0.15) is 5.60 Å². The summed E-state index contributed by atoms with van der Waals surface area (Å²) in [5, 5.41) is 0. The first-order valence-corrected chi connectivity index (χ1v) is 7.43. The third-order valence-corrected chi connectivity index (χ3v) is 3.84. The Bertz CT molecular complexity index is 450. The third-order valence-electron chi connectivity index (χ3n) is 3.84. The van der Waals surface area contributed by atoms with Crippen LogP contribution in [0.2, 0.25) is 0 Å². The Labute approximate surface area is 121 Å². The first-order chi connectivity index (χ1) is 9.40. The van der Waals surface area contributed by atoms with Gasteiger partial charge in [0.15, 0.2) is 0 Å². The Morgan fingerprint density at radius 1 is 1.25 bits per heavy atom. The number of carbonyl (C=O) groups excluding carboxylic acids is 1. The minimum absolute atomic E-state index is 0.186. The van der Waals surface area contributed by atoms with E-state index in [0.717, 1.165) is 19.5 Å². The fourth-order valence-corrected chi connectivity index (χ4v) is 2.84. The number of rotatable bonds is 2. The molecule has 3 nitrogen and oxygen atoms in total. The van der Waals surface area contributed by atoms with Crippen molar-refractivity contribution in [2.45, 2.75) is 45.6 Å². The van der Waals surface area contributed by atoms with E-state index in [1.165, 1.54) is 5.56 Å². The molecule has 1 aliphatic rings. The molecule has 1 aromatic rings. The standard InChI is InChI=1S/C17H25NO2/c1-5-13-11-18(16(19)20-17(2,3)4)12-15(13)14-9-7-6-8-10-14/h6-10,13,15H,5,11-12H2,1-4H3. The quantitative estimate of drug-likeness (QED) is 0.815. The fraction of sp³-hybridized carbons (Fsp3) is 0.588. The zero-order chi connectivity index (χ0) is 14.8. The van der Waals surface area contributed by atoms with E-state index in [-0.39, 0.29) is 6.09 Å². The summed E-state index contributed by atoms with van der Waals surface area (Å²) in [6.07, 6.45) is 0.896. The molecule has 0 aromatic heterocycles. The van der Waals surface area contributed by atoms with Gasteiger partial charge in [0, 0.05) is 19.0 Å². The molecule has 1 amide bonds. The SMILES string of the molecule is CCC1CN(C(=O)OC(C)(C)C)CC1c1ccccc1. The lowest BCUT2D eigenvalue weighted by Crippen LogP contribution is -2.35. The molecule has 2 rings (SSSR count). The lowest BCUT2D eigenvalue weighted by Gasteiger charge is -2.24. The highest BCUT2D eigenvalue weighted by Gasteiger charge is 2.36. The van der Waals surface area contributed by atoms with Crippen LogP contribution in [0.5, 0.6) is 0 Å². The number of ether oxygens (including phenoxy) is 1. The summed E-state index contributed by atoms with van der Waals surface area (Å²) >= 11 is 0. The van der Waals surface area contributed by atoms with Gasteiger partial charge < -0.3 is 9.64 Å². The maximum absolute atomic E-state index is 12.2. The summed E-state index contributed by atoms with van der Waals surface area (Å²) in [7, 11) is 0. The largest absolute Gasteiger partial charge is 0.444 e. The first-order valence-electron chi connectivity index (χ1n) is 7.43. The maximum atomic E-state index is 12.2. The monoisotopic (exact) mass is 275 g/mol. The summed E-state index contributed by atoms with van der Waals surface area (Å²) in [6, 6.07) is 10.5. The van der Waals surface area contributed by atoms with Crippen LogP contribution in [0.25, 0.3) is 0 Å². The van der Waals surface area contributed by atoms with E-state index in [1.54, 1.807) is 0 Å². The molecular formula is C17H25NO2. The predicted octanol–water partition coefficient (Wildman–Crippen LogP) is 4.05. The first kappa shape index (κ1) is 14.9. The average Bonchev–Trinajstić information content (AvgIpc) is 2.82. The zero-order valence-electron chi connectivity index (χ0n) is 12.9. The molecule has 0 aliphatic carbocycles. The topological polar surface area (TPSA) is 29.5 Å². The highest BCUT2D eigenvalue weighted by Crippen LogP contribution is 2.35. The molecule has 20 heavy (non-hydrogen) atoms. The van der Waals surface area contributed by atoms with Gasteiger partial charge >= 0.3 is 6.09 Å². The van der Waals surface area contributed by atoms with Crippen LogP contribution >= 0.6 is 0 Å². The Kier molecular flexibility index (Phi) is 4.36. The van der Waals surface area contributed by atoms with Gasteiger partial charge in [0.2, 0.25) is 0 Å². The molecule has 0 bridgehead atoms. The van der Waals surface area contributed by atoms with E-state index in [1.807, 2.05) is 31.7 Å². The molecule has 2 unspecified atom stereocenters. The molecule has 1 heterocycles. The second-order valence-electron chi connectivity index (χ2n) is 6.57. The Balaban J connectivity index is 2.08. The molecule has 1 aliphatic heterocycles. The van der Waals surface area contributed by atoms with Gasteiger partial charge in [0.25, 0.3) is 0 Å². The van der Waals surface area contributed by atoms with Crippen molar-refractivity contribution in [3.05, 3.63) is 35.9 Å². The van der Waals surface area contributed by atoms with Gasteiger partial charge in [-0.05, 0) is 32.3 Å². The Morgan fingerprint density at radius 3 is 2.45 bits per heavy atom. The van der Waals surface area contributed by atoms with Crippen LogP contribution in [-0.2, 0) is 4.74 Å². The van der Waals surface area contributed by atoms with Crippen LogP contribution in [0.4, 0.5) is 4.79 Å². The van der Waals surface area contributed by atoms with Crippen molar-refractivity contribution in [3.63, 3.8) is 0 Å². The second-order valence-corrected chi connectivity index (χ2v) is 6.57. The van der Waals surface area contributed by atoms with E-state index >= 15 is 0 Å². The lowest BCUT2D eigenvalue weighted by atomic mass is 9.87. The Hall–Kier alpha value is -1.51. The molecule has 3 heteroatoms. The van der Waals surface area contributed by atoms with Crippen molar-refractivity contribution in [2.75, 3.05) is 13.1 Å². The van der Waals surface area contributed by atoms with Crippen molar-refractivity contribution < 1.29 is 9.53 Å². The number of hydrogen-bond donors (Lipinski definition) is 0. The summed E-state index contributed by atoms with van der Waals surface area (Å²) < 4.78 is 5.49. The predicted molar refractivity (Wildman–Crippen MR) is 80.8 cm³/mol. The summed E-state index contributed by atoms with van der Waals surface area (Å²) in [5.74, 6) is 0.943. The number of benzene rings is 1. The van der Waals surface area contributed by atoms with Gasteiger partial charge in [-0.15, -0.1) is 0 Å². The van der Waals surface area contributed by atoms with Gasteiger partial charge in [-0.2, -0.15) is 0 Å². The minimum atomic E-state index is -0.427. The smallest absolute Gasteiger partial charge is 0.410 e. The minimum Gasteiger partial charge on any atom is -0.444 e. The van der Waals surface area contributed by atoms with E-state index < -0.39 is 5.60 Å². The van der Waals surface area contributed by atoms with Crippen LogP contribution < -0.4 is 0 Å². The van der Waals surface area contributed by atoms with E-state index in [2.05, 4.69) is 31.2 Å². The van der Waals surface area contributed by atoms with Gasteiger partial charge in [0.05, 0.1) is 0 Å². The van der Waals surface area contributed by atoms with Crippen LogP contribution in [-0.4, -0.2) is 29.7 Å². The fourth-order valence-electron chi connectivity index (χ4n) is 2.84. The molecule has 110 valence electrons. The number of likely N-dealkylation sites (tertiary alicyclic amines) is 1. The van der Waals surface area contributed by atoms with E-state index in [9.17, 15) is 4.79 Å². The van der Waals surface area contributed by atoms with Crippen molar-refractivity contribution in [3.8, 4) is 0 Å². The van der Waals surface area contributed by atoms with Crippen LogP contribution in [0.1, 0.15) is 45.6 Å². The molecule has 0 spiro atoms. The molecule has 0 N–H and O–H groups in total. The van der Waals surface area contributed by atoms with Crippen molar-refractivity contribution in [1.29, 1.82) is 0 Å². The number of carbonyl (C=O) groups is 1. The normalized spacial score (nSPS) is 22.9. The molecule has 1 fully saturated rings. The van der Waals surface area contributed by atoms with E-state index in [4.69, 9.17) is 4.74 Å². The van der Waals surface area contributed by atoms with Gasteiger partial charge in [-0.3, -0.25) is 0 Å². The van der Waals surface area contributed by atoms with Crippen molar-refractivity contribution in [2.24, 2.45) is 5.92 Å². The number of nitrogens with zero attached hydrogens (tertiary/aromatic N) is 1. The molecule has 1 aromatic carbocycles. The van der Waals surface area contributed by atoms with Gasteiger partial charge in [-0.25, -0.2) is 4.79 Å². The number of amides is 1. The molecular weight excluding hydrogens is 250 g/mol. The van der Waals surface area contributed by atoms with Crippen LogP contribution in [0.3, 0.4) is 0 Å². The molecule has 1 saturated heterocycles. The molecule has 2 atom stereocenters. The van der Waals surface area contributed by atoms with Crippen LogP contribution in [0, 0.1) is 5.92 Å². The maximum Gasteiger partial charge on any atom is 0.410 e. The molecule has 0 radical (unpaired) electrons. The van der Waals surface area contributed by atoms with E-state index in [0.29, 0.717) is 11.8 Å². The molecule has 0 saturated carbocycles. The lowest BCUT2D eigenvalue weighted by molar-refractivity contribution is 0.0286. The van der Waals surface area contributed by atoms with Crippen molar-refractivity contribution >= 4 is 6.09 Å². The average molecular weight is 275 g/mol. The highest BCUT2D eigenvalue weighted by molar-refractivity contribution is 5.68. The zero-order valence-corrected chi connectivity index (χ0v) is 12.9. The summed E-state index contributed by atoms with van der Waals surface area (Å²) in [5.41, 5.74) is 0.897. The summed E-state index contributed by atoms with van der Waals surface area (Å²) in [4.78, 5) is 14.1. The highest BCUT2D eigenvalue weighted by atomic mass is 16.6. The second kappa shape index (κ2) is 5.86. The third kappa shape index (κ3) is 3.53. The number of hydrogen-bond acceptors (Lipinski definition) is 2. The summed E-state index contributed by atoms with van der Waals surface area (Å²) in [6.45, 7) is 9.48. The van der Waals surface area contributed by atoms with Crippen LogP contribution in [0.15, 0.2) is 30.3 Å². The Morgan fingerprint density at radius 2 is 1.90 bits per heavy atom.